The van der Waals surface area contributed by atoms with Crippen molar-refractivity contribution in [2.75, 3.05) is 7.05 Å². The molecule has 18 heavy (non-hydrogen) atoms. The highest BCUT2D eigenvalue weighted by atomic mass is 35.5. The Morgan fingerprint density at radius 3 is 2.56 bits per heavy atom. The predicted octanol–water partition coefficient (Wildman–Crippen LogP) is 3.99. The quantitative estimate of drug-likeness (QED) is 0.903. The van der Waals surface area contributed by atoms with Crippen LogP contribution >= 0.6 is 11.6 Å². The number of halogens is 1. The van der Waals surface area contributed by atoms with Gasteiger partial charge in [0.2, 0.25) is 0 Å². The Kier molecular flexibility index (Phi) is 4.00. The number of aryl methyl sites for hydroxylation is 1. The average molecular weight is 261 g/mol. The topological polar surface area (TPSA) is 24.9 Å². The highest BCUT2D eigenvalue weighted by Crippen LogP contribution is 2.28. The molecule has 0 fully saturated rings. The van der Waals surface area contributed by atoms with Crippen molar-refractivity contribution in [3.05, 3.63) is 52.8 Å². The summed E-state index contributed by atoms with van der Waals surface area (Å²) in [6.45, 7) is 4.13. The molecule has 0 saturated carbocycles. The van der Waals surface area contributed by atoms with Crippen LogP contribution in [-0.4, -0.2) is 12.0 Å². The number of rotatable bonds is 3. The van der Waals surface area contributed by atoms with Gasteiger partial charge < -0.3 is 5.32 Å². The molecule has 0 amide bonds. The van der Waals surface area contributed by atoms with E-state index in [0.29, 0.717) is 0 Å². The van der Waals surface area contributed by atoms with E-state index >= 15 is 0 Å². The number of benzene rings is 1. The third-order valence-corrected chi connectivity index (χ3v) is 3.44. The summed E-state index contributed by atoms with van der Waals surface area (Å²) in [5.41, 5.74) is 4.46. The largest absolute Gasteiger partial charge is 0.313 e. The zero-order chi connectivity index (χ0) is 13.1. The van der Waals surface area contributed by atoms with Crippen molar-refractivity contribution in [2.24, 2.45) is 0 Å². The van der Waals surface area contributed by atoms with E-state index in [1.54, 1.807) is 0 Å². The van der Waals surface area contributed by atoms with Gasteiger partial charge in [-0.3, -0.25) is 4.98 Å². The van der Waals surface area contributed by atoms with Crippen LogP contribution in [0.4, 0.5) is 0 Å². The molecular formula is C15H17ClN2. The van der Waals surface area contributed by atoms with Crippen molar-refractivity contribution in [1.29, 1.82) is 0 Å². The normalized spacial score (nSPS) is 12.4. The molecule has 1 unspecified atom stereocenters. The van der Waals surface area contributed by atoms with Crippen molar-refractivity contribution < 1.29 is 0 Å². The molecule has 1 atom stereocenters. The average Bonchev–Trinajstić information content (AvgIpc) is 2.37. The fourth-order valence-corrected chi connectivity index (χ4v) is 2.27. The van der Waals surface area contributed by atoms with Gasteiger partial charge in [-0.2, -0.15) is 0 Å². The lowest BCUT2D eigenvalue weighted by Crippen LogP contribution is -2.12. The van der Waals surface area contributed by atoms with Crippen molar-refractivity contribution in [1.82, 2.24) is 10.3 Å². The fraction of sp³-hybridized carbons (Fsp3) is 0.267. The molecule has 1 N–H and O–H groups in total. The highest BCUT2D eigenvalue weighted by molar-refractivity contribution is 6.31. The van der Waals surface area contributed by atoms with Gasteiger partial charge >= 0.3 is 0 Å². The third-order valence-electron chi connectivity index (χ3n) is 3.11. The molecule has 94 valence electrons. The molecule has 2 aromatic rings. The van der Waals surface area contributed by atoms with Gasteiger partial charge in [0.05, 0.1) is 0 Å². The number of nitrogens with zero attached hydrogens (tertiary/aromatic N) is 1. The summed E-state index contributed by atoms with van der Waals surface area (Å²) in [5.74, 6) is 0. The Bertz CT molecular complexity index is 552. The minimum Gasteiger partial charge on any atom is -0.313 e. The van der Waals surface area contributed by atoms with Gasteiger partial charge in [-0.15, -0.1) is 0 Å². The van der Waals surface area contributed by atoms with Crippen LogP contribution < -0.4 is 5.32 Å². The van der Waals surface area contributed by atoms with E-state index in [1.807, 2.05) is 32.4 Å². The Hall–Kier alpha value is -1.38. The Morgan fingerprint density at radius 2 is 1.94 bits per heavy atom. The van der Waals surface area contributed by atoms with Gasteiger partial charge in [0.25, 0.3) is 0 Å². The number of nitrogens with one attached hydrogen (secondary N) is 1. The molecule has 0 aliphatic carbocycles. The summed E-state index contributed by atoms with van der Waals surface area (Å²) in [6.07, 6.45) is 3.71. The summed E-state index contributed by atoms with van der Waals surface area (Å²) < 4.78 is 0. The van der Waals surface area contributed by atoms with Gasteiger partial charge in [0.1, 0.15) is 0 Å². The molecule has 0 bridgehead atoms. The second-order valence-corrected chi connectivity index (χ2v) is 4.90. The van der Waals surface area contributed by atoms with E-state index in [2.05, 4.69) is 35.4 Å². The van der Waals surface area contributed by atoms with Crippen molar-refractivity contribution >= 4 is 11.6 Å². The summed E-state index contributed by atoms with van der Waals surface area (Å²) in [7, 11) is 1.93. The molecule has 2 rings (SSSR count). The Labute approximate surface area is 113 Å². The molecule has 0 saturated heterocycles. The standard InChI is InChI=1S/C15H17ClN2/c1-10-6-13(9-18-8-10)12-4-5-14(11(2)17-3)15(16)7-12/h4-9,11,17H,1-3H3. The zero-order valence-corrected chi connectivity index (χ0v) is 11.6. The van der Waals surface area contributed by atoms with Gasteiger partial charge in [-0.05, 0) is 49.7 Å². The van der Waals surface area contributed by atoms with Crippen LogP contribution in [0.15, 0.2) is 36.7 Å². The summed E-state index contributed by atoms with van der Waals surface area (Å²) in [5, 5.41) is 3.98. The summed E-state index contributed by atoms with van der Waals surface area (Å²) in [6, 6.07) is 8.52. The first-order valence-corrected chi connectivity index (χ1v) is 6.38. The lowest BCUT2D eigenvalue weighted by Gasteiger charge is -2.13. The zero-order valence-electron chi connectivity index (χ0n) is 10.9. The molecule has 0 radical (unpaired) electrons. The maximum absolute atomic E-state index is 6.33. The number of pyridine rings is 1. The van der Waals surface area contributed by atoms with Crippen LogP contribution in [0, 0.1) is 6.92 Å². The minimum absolute atomic E-state index is 0.252. The molecule has 1 aromatic carbocycles. The number of aromatic nitrogens is 1. The predicted molar refractivity (Wildman–Crippen MR) is 76.9 cm³/mol. The Balaban J connectivity index is 2.40. The molecule has 0 aliphatic heterocycles. The van der Waals surface area contributed by atoms with Crippen molar-refractivity contribution in [3.8, 4) is 11.1 Å². The van der Waals surface area contributed by atoms with Gasteiger partial charge in [0, 0.05) is 29.0 Å². The molecule has 0 spiro atoms. The van der Waals surface area contributed by atoms with Gasteiger partial charge in [0.15, 0.2) is 0 Å². The van der Waals surface area contributed by atoms with E-state index < -0.39 is 0 Å². The fourth-order valence-electron chi connectivity index (χ4n) is 1.93. The van der Waals surface area contributed by atoms with Crippen LogP contribution in [0.3, 0.4) is 0 Å². The molecule has 0 aliphatic rings. The van der Waals surface area contributed by atoms with Crippen LogP contribution in [-0.2, 0) is 0 Å². The molecule has 3 heteroatoms. The van der Waals surface area contributed by atoms with Gasteiger partial charge in [-0.1, -0.05) is 23.7 Å². The highest BCUT2D eigenvalue weighted by Gasteiger charge is 2.09. The van der Waals surface area contributed by atoms with E-state index in [0.717, 1.165) is 27.3 Å². The first-order chi connectivity index (χ1) is 8.61. The molecule has 1 aromatic heterocycles. The van der Waals surface area contributed by atoms with E-state index in [1.165, 1.54) is 0 Å². The van der Waals surface area contributed by atoms with E-state index in [-0.39, 0.29) is 6.04 Å². The summed E-state index contributed by atoms with van der Waals surface area (Å²) >= 11 is 6.33. The maximum Gasteiger partial charge on any atom is 0.0459 e. The van der Waals surface area contributed by atoms with E-state index in [4.69, 9.17) is 11.6 Å². The first kappa shape index (κ1) is 13.1. The van der Waals surface area contributed by atoms with Crippen LogP contribution in [0.25, 0.3) is 11.1 Å². The van der Waals surface area contributed by atoms with Crippen LogP contribution in [0.5, 0.6) is 0 Å². The number of hydrogen-bond acceptors (Lipinski definition) is 2. The maximum atomic E-state index is 6.33. The smallest absolute Gasteiger partial charge is 0.0459 e. The molecule has 2 nitrogen and oxygen atoms in total. The molecular weight excluding hydrogens is 244 g/mol. The Morgan fingerprint density at radius 1 is 1.17 bits per heavy atom. The van der Waals surface area contributed by atoms with Gasteiger partial charge in [-0.25, -0.2) is 0 Å². The monoisotopic (exact) mass is 260 g/mol. The first-order valence-electron chi connectivity index (χ1n) is 6.00. The second-order valence-electron chi connectivity index (χ2n) is 4.50. The van der Waals surface area contributed by atoms with Crippen molar-refractivity contribution in [2.45, 2.75) is 19.9 Å². The van der Waals surface area contributed by atoms with Crippen LogP contribution in [0.1, 0.15) is 24.1 Å². The summed E-state index contributed by atoms with van der Waals surface area (Å²) in [4.78, 5) is 4.21. The van der Waals surface area contributed by atoms with Crippen molar-refractivity contribution in [3.63, 3.8) is 0 Å². The molecule has 1 heterocycles. The SMILES string of the molecule is CNC(C)c1ccc(-c2cncc(C)c2)cc1Cl. The van der Waals surface area contributed by atoms with Crippen LogP contribution in [0.2, 0.25) is 5.02 Å². The second kappa shape index (κ2) is 5.51. The minimum atomic E-state index is 0.252. The third kappa shape index (κ3) is 2.71. The lowest BCUT2D eigenvalue weighted by molar-refractivity contribution is 0.652. The van der Waals surface area contributed by atoms with E-state index in [9.17, 15) is 0 Å². The lowest BCUT2D eigenvalue weighted by atomic mass is 10.0. The number of hydrogen-bond donors (Lipinski definition) is 1.